The Balaban J connectivity index is 1.56. The van der Waals surface area contributed by atoms with Crippen LogP contribution in [0.3, 0.4) is 0 Å². The highest BCUT2D eigenvalue weighted by Crippen LogP contribution is 2.34. The van der Waals surface area contributed by atoms with Gasteiger partial charge in [0.1, 0.15) is 5.82 Å². The van der Waals surface area contributed by atoms with Gasteiger partial charge in [-0.3, -0.25) is 9.78 Å². The second-order valence-corrected chi connectivity index (χ2v) is 8.08. The molecule has 1 aromatic carbocycles. The first-order chi connectivity index (χ1) is 15.0. The lowest BCUT2D eigenvalue weighted by atomic mass is 9.89. The first kappa shape index (κ1) is 20.9. The molecule has 0 spiro atoms. The van der Waals surface area contributed by atoms with Gasteiger partial charge in [-0.2, -0.15) is 0 Å². The maximum atomic E-state index is 13.5. The highest BCUT2D eigenvalue weighted by Gasteiger charge is 2.28. The smallest absolute Gasteiger partial charge is 0.253 e. The Hall–Kier alpha value is -3.35. The molecule has 2 aromatic heterocycles. The minimum absolute atomic E-state index is 0.132. The first-order valence-corrected chi connectivity index (χ1v) is 10.6. The van der Waals surface area contributed by atoms with Gasteiger partial charge in [0.05, 0.1) is 11.4 Å². The molecule has 1 aliphatic heterocycles. The average Bonchev–Trinajstić information content (AvgIpc) is 2.79. The third-order valence-electron chi connectivity index (χ3n) is 5.42. The summed E-state index contributed by atoms with van der Waals surface area (Å²) in [6, 6.07) is 11.9. The molecule has 0 atom stereocenters. The molecular formula is C24H26FN5O. The number of rotatable bonds is 5. The molecule has 0 bridgehead atoms. The van der Waals surface area contributed by atoms with Crippen LogP contribution in [0.5, 0.6) is 0 Å². The molecule has 1 aliphatic rings. The highest BCUT2D eigenvalue weighted by molar-refractivity contribution is 5.94. The number of aromatic nitrogens is 3. The predicted octanol–water partition coefficient (Wildman–Crippen LogP) is 4.52. The van der Waals surface area contributed by atoms with E-state index in [0.29, 0.717) is 24.6 Å². The normalized spacial score (nSPS) is 14.6. The number of pyridine rings is 1. The third kappa shape index (κ3) is 4.87. The zero-order valence-corrected chi connectivity index (χ0v) is 17.8. The second kappa shape index (κ2) is 9.20. The summed E-state index contributed by atoms with van der Waals surface area (Å²) in [5.41, 5.74) is 3.10. The number of carbonyl (C=O) groups is 1. The largest absolute Gasteiger partial charge is 0.352 e. The van der Waals surface area contributed by atoms with Crippen molar-refractivity contribution in [3.8, 4) is 11.3 Å². The fourth-order valence-corrected chi connectivity index (χ4v) is 3.91. The van der Waals surface area contributed by atoms with Gasteiger partial charge in [-0.25, -0.2) is 14.4 Å². The molecule has 1 fully saturated rings. The van der Waals surface area contributed by atoms with Gasteiger partial charge in [-0.15, -0.1) is 0 Å². The van der Waals surface area contributed by atoms with Crippen LogP contribution in [0.15, 0.2) is 54.9 Å². The van der Waals surface area contributed by atoms with Gasteiger partial charge < -0.3 is 10.2 Å². The summed E-state index contributed by atoms with van der Waals surface area (Å²) in [6.07, 6.45) is 5.15. The Morgan fingerprint density at radius 3 is 2.61 bits per heavy atom. The molecule has 0 radical (unpaired) electrons. The minimum atomic E-state index is -0.396. The molecule has 0 aliphatic carbocycles. The topological polar surface area (TPSA) is 71.0 Å². The molecule has 0 saturated carbocycles. The Morgan fingerprint density at radius 2 is 1.94 bits per heavy atom. The summed E-state index contributed by atoms with van der Waals surface area (Å²) in [7, 11) is 0. The molecule has 4 rings (SSSR count). The molecule has 0 unspecified atom stereocenters. The van der Waals surface area contributed by atoms with E-state index in [1.165, 1.54) is 12.1 Å². The van der Waals surface area contributed by atoms with Crippen LogP contribution in [0.4, 0.5) is 10.3 Å². The van der Waals surface area contributed by atoms with Crippen LogP contribution in [0.25, 0.3) is 11.3 Å². The van der Waals surface area contributed by atoms with Gasteiger partial charge in [-0.1, -0.05) is 12.1 Å². The van der Waals surface area contributed by atoms with E-state index in [-0.39, 0.29) is 17.9 Å². The lowest BCUT2D eigenvalue weighted by Crippen LogP contribution is -2.38. The lowest BCUT2D eigenvalue weighted by molar-refractivity contribution is 0.0711. The zero-order valence-electron chi connectivity index (χ0n) is 17.8. The molecule has 160 valence electrons. The number of piperidine rings is 1. The van der Waals surface area contributed by atoms with Crippen LogP contribution in [0, 0.1) is 5.82 Å². The van der Waals surface area contributed by atoms with Gasteiger partial charge in [-0.05, 0) is 57.0 Å². The minimum Gasteiger partial charge on any atom is -0.352 e. The van der Waals surface area contributed by atoms with Crippen molar-refractivity contribution >= 4 is 11.9 Å². The quantitative estimate of drug-likeness (QED) is 0.659. The lowest BCUT2D eigenvalue weighted by Gasteiger charge is -2.32. The maximum Gasteiger partial charge on any atom is 0.253 e. The Bertz CT molecular complexity index is 1050. The van der Waals surface area contributed by atoms with E-state index < -0.39 is 5.82 Å². The van der Waals surface area contributed by atoms with Crippen molar-refractivity contribution in [2.24, 2.45) is 0 Å². The fourth-order valence-electron chi connectivity index (χ4n) is 3.91. The summed E-state index contributed by atoms with van der Waals surface area (Å²) in [4.78, 5) is 28.4. The SMILES string of the molecule is CC(C)Nc1ncc(-c2ccccn2)c(C2CCN(C(=O)c3cccc(F)c3)CC2)n1. The average molecular weight is 420 g/mol. The van der Waals surface area contributed by atoms with Crippen molar-refractivity contribution < 1.29 is 9.18 Å². The van der Waals surface area contributed by atoms with E-state index in [2.05, 4.69) is 15.3 Å². The van der Waals surface area contributed by atoms with Crippen LogP contribution in [0.1, 0.15) is 48.7 Å². The van der Waals surface area contributed by atoms with Crippen molar-refractivity contribution in [1.29, 1.82) is 0 Å². The number of carbonyl (C=O) groups excluding carboxylic acids is 1. The van der Waals surface area contributed by atoms with Gasteiger partial charge in [0, 0.05) is 48.6 Å². The summed E-state index contributed by atoms with van der Waals surface area (Å²) >= 11 is 0. The number of hydrogen-bond donors (Lipinski definition) is 1. The number of benzene rings is 1. The van der Waals surface area contributed by atoms with Crippen LogP contribution in [-0.4, -0.2) is 44.9 Å². The van der Waals surface area contributed by atoms with Crippen molar-refractivity contribution in [3.05, 3.63) is 71.9 Å². The number of nitrogens with one attached hydrogen (secondary N) is 1. The van der Waals surface area contributed by atoms with E-state index in [0.717, 1.165) is 29.8 Å². The summed E-state index contributed by atoms with van der Waals surface area (Å²) in [5, 5.41) is 3.27. The molecule has 1 saturated heterocycles. The van der Waals surface area contributed by atoms with Crippen molar-refractivity contribution in [2.75, 3.05) is 18.4 Å². The molecule has 3 aromatic rings. The summed E-state index contributed by atoms with van der Waals surface area (Å²) < 4.78 is 13.5. The number of halogens is 1. The molecule has 31 heavy (non-hydrogen) atoms. The van der Waals surface area contributed by atoms with E-state index in [9.17, 15) is 9.18 Å². The third-order valence-corrected chi connectivity index (χ3v) is 5.42. The molecule has 1 N–H and O–H groups in total. The highest BCUT2D eigenvalue weighted by atomic mass is 19.1. The molecule has 7 heteroatoms. The van der Waals surface area contributed by atoms with Gasteiger partial charge >= 0.3 is 0 Å². The van der Waals surface area contributed by atoms with E-state index in [1.54, 1.807) is 23.2 Å². The summed E-state index contributed by atoms with van der Waals surface area (Å²) in [6.45, 7) is 5.29. The molecule has 3 heterocycles. The monoisotopic (exact) mass is 419 g/mol. The molecule has 6 nitrogen and oxygen atoms in total. The van der Waals surface area contributed by atoms with Crippen LogP contribution >= 0.6 is 0 Å². The van der Waals surface area contributed by atoms with Crippen LogP contribution in [0.2, 0.25) is 0 Å². The number of amides is 1. The Morgan fingerprint density at radius 1 is 1.13 bits per heavy atom. The van der Waals surface area contributed by atoms with Gasteiger partial charge in [0.25, 0.3) is 5.91 Å². The van der Waals surface area contributed by atoms with E-state index in [4.69, 9.17) is 4.98 Å². The predicted molar refractivity (Wildman–Crippen MR) is 118 cm³/mol. The fraction of sp³-hybridized carbons (Fsp3) is 0.333. The van der Waals surface area contributed by atoms with E-state index >= 15 is 0 Å². The van der Waals surface area contributed by atoms with E-state index in [1.807, 2.05) is 38.2 Å². The zero-order chi connectivity index (χ0) is 21.8. The standard InChI is InChI=1S/C24H26FN5O/c1-16(2)28-24-27-15-20(21-8-3-4-11-26-21)22(29-24)17-9-12-30(13-10-17)23(31)18-6-5-7-19(25)14-18/h3-8,11,14-17H,9-10,12-13H2,1-2H3,(H,27,28,29). The molecular weight excluding hydrogens is 393 g/mol. The van der Waals surface area contributed by atoms with Crippen molar-refractivity contribution in [2.45, 2.75) is 38.6 Å². The summed E-state index contributed by atoms with van der Waals surface area (Å²) in [5.74, 6) is 0.256. The number of likely N-dealkylation sites (tertiary alicyclic amines) is 1. The number of hydrogen-bond acceptors (Lipinski definition) is 5. The van der Waals surface area contributed by atoms with Gasteiger partial charge in [0.2, 0.25) is 5.95 Å². The Labute approximate surface area is 181 Å². The van der Waals surface area contributed by atoms with Crippen LogP contribution < -0.4 is 5.32 Å². The second-order valence-electron chi connectivity index (χ2n) is 8.08. The maximum absolute atomic E-state index is 13.5. The van der Waals surface area contributed by atoms with Crippen LogP contribution in [-0.2, 0) is 0 Å². The number of anilines is 1. The van der Waals surface area contributed by atoms with Crippen molar-refractivity contribution in [1.82, 2.24) is 19.9 Å². The first-order valence-electron chi connectivity index (χ1n) is 10.6. The van der Waals surface area contributed by atoms with Gasteiger partial charge in [0.15, 0.2) is 0 Å². The van der Waals surface area contributed by atoms with Crippen molar-refractivity contribution in [3.63, 3.8) is 0 Å². The Kier molecular flexibility index (Phi) is 6.21. The number of nitrogens with zero attached hydrogens (tertiary/aromatic N) is 4. The molecule has 1 amide bonds.